The fourth-order valence-corrected chi connectivity index (χ4v) is 3.06. The van der Waals surface area contributed by atoms with Gasteiger partial charge in [-0.1, -0.05) is 26.3 Å². The maximum absolute atomic E-state index is 12.9. The minimum Gasteiger partial charge on any atom is -0.481 e. The van der Waals surface area contributed by atoms with Gasteiger partial charge in [-0.05, 0) is 48.6 Å². The number of anilines is 1. The normalized spacial score (nSPS) is 11.5. The molecule has 3 N–H and O–H groups in total. The predicted octanol–water partition coefficient (Wildman–Crippen LogP) is 2.70. The molecular formula is C21H30N2O5. The van der Waals surface area contributed by atoms with Crippen LogP contribution >= 0.6 is 0 Å². The summed E-state index contributed by atoms with van der Waals surface area (Å²) in [5, 5.41) is 21.0. The zero-order chi connectivity index (χ0) is 21.1. The SMILES string of the molecule is C=CC(=O)Nc1ccc(C(=O)N(C)CC(CCO)CCCC)c(CC(=O)O)c1. The Morgan fingerprint density at radius 3 is 2.57 bits per heavy atom. The van der Waals surface area contributed by atoms with Crippen molar-refractivity contribution in [3.05, 3.63) is 42.0 Å². The van der Waals surface area contributed by atoms with E-state index in [9.17, 15) is 24.6 Å². The fourth-order valence-electron chi connectivity index (χ4n) is 3.06. The molecule has 0 aliphatic carbocycles. The van der Waals surface area contributed by atoms with Crippen molar-refractivity contribution in [2.45, 2.75) is 39.0 Å². The number of carboxylic acids is 1. The van der Waals surface area contributed by atoms with Crippen LogP contribution in [0.3, 0.4) is 0 Å². The molecule has 0 aliphatic rings. The molecule has 154 valence electrons. The number of aliphatic hydroxyl groups excluding tert-OH is 1. The molecule has 1 aromatic carbocycles. The van der Waals surface area contributed by atoms with Crippen molar-refractivity contribution >= 4 is 23.5 Å². The first-order valence-electron chi connectivity index (χ1n) is 9.46. The van der Waals surface area contributed by atoms with Crippen molar-refractivity contribution < 1.29 is 24.6 Å². The molecule has 0 bridgehead atoms. The van der Waals surface area contributed by atoms with E-state index in [-0.39, 0.29) is 24.9 Å². The highest BCUT2D eigenvalue weighted by molar-refractivity contribution is 6.00. The predicted molar refractivity (Wildman–Crippen MR) is 108 cm³/mol. The maximum atomic E-state index is 12.9. The lowest BCUT2D eigenvalue weighted by atomic mass is 9.97. The van der Waals surface area contributed by atoms with Crippen molar-refractivity contribution in [2.75, 3.05) is 25.5 Å². The number of benzene rings is 1. The van der Waals surface area contributed by atoms with Crippen LogP contribution in [0.25, 0.3) is 0 Å². The second-order valence-corrected chi connectivity index (χ2v) is 6.84. The molecule has 1 rings (SSSR count). The molecule has 0 saturated carbocycles. The highest BCUT2D eigenvalue weighted by Gasteiger charge is 2.21. The summed E-state index contributed by atoms with van der Waals surface area (Å²) in [5.74, 6) is -1.57. The van der Waals surface area contributed by atoms with Crippen LogP contribution in [0.5, 0.6) is 0 Å². The van der Waals surface area contributed by atoms with Gasteiger partial charge < -0.3 is 20.4 Å². The Hall–Kier alpha value is -2.67. The van der Waals surface area contributed by atoms with E-state index in [1.165, 1.54) is 12.1 Å². The first kappa shape index (κ1) is 23.4. The van der Waals surface area contributed by atoms with Crippen molar-refractivity contribution in [1.29, 1.82) is 0 Å². The Bertz CT molecular complexity index is 702. The summed E-state index contributed by atoms with van der Waals surface area (Å²) < 4.78 is 0. The lowest BCUT2D eigenvalue weighted by Crippen LogP contribution is -2.33. The summed E-state index contributed by atoms with van der Waals surface area (Å²) in [4.78, 5) is 37.2. The molecule has 1 unspecified atom stereocenters. The zero-order valence-electron chi connectivity index (χ0n) is 16.6. The molecule has 28 heavy (non-hydrogen) atoms. The summed E-state index contributed by atoms with van der Waals surface area (Å²) in [6.07, 6.45) is 4.38. The lowest BCUT2D eigenvalue weighted by molar-refractivity contribution is -0.136. The van der Waals surface area contributed by atoms with Gasteiger partial charge in [0.1, 0.15) is 0 Å². The van der Waals surface area contributed by atoms with Gasteiger partial charge in [0.15, 0.2) is 0 Å². The topological polar surface area (TPSA) is 107 Å². The quantitative estimate of drug-likeness (QED) is 0.476. The molecule has 1 atom stereocenters. The van der Waals surface area contributed by atoms with E-state index in [4.69, 9.17) is 0 Å². The molecule has 7 nitrogen and oxygen atoms in total. The molecule has 7 heteroatoms. The Kier molecular flexibility index (Phi) is 9.95. The standard InChI is InChI=1S/C21H30N2O5/c1-4-6-7-15(10-11-24)14-23(3)21(28)18-9-8-17(22-19(25)5-2)12-16(18)13-20(26)27/h5,8-9,12,15,24H,2,4,6-7,10-11,13-14H2,1,3H3,(H,22,25)(H,26,27). The van der Waals surface area contributed by atoms with Gasteiger partial charge in [-0.15, -0.1) is 0 Å². The van der Waals surface area contributed by atoms with Crippen LogP contribution < -0.4 is 5.32 Å². The number of carbonyl (C=O) groups excluding carboxylic acids is 2. The van der Waals surface area contributed by atoms with Crippen molar-refractivity contribution in [2.24, 2.45) is 5.92 Å². The van der Waals surface area contributed by atoms with E-state index < -0.39 is 11.9 Å². The van der Waals surface area contributed by atoms with Gasteiger partial charge >= 0.3 is 5.97 Å². The van der Waals surface area contributed by atoms with Crippen LogP contribution in [0.2, 0.25) is 0 Å². The molecule has 0 fully saturated rings. The summed E-state index contributed by atoms with van der Waals surface area (Å²) in [7, 11) is 1.68. The largest absolute Gasteiger partial charge is 0.481 e. The van der Waals surface area contributed by atoms with Crippen LogP contribution in [-0.2, 0) is 16.0 Å². The Morgan fingerprint density at radius 1 is 1.29 bits per heavy atom. The Labute approximate surface area is 166 Å². The zero-order valence-corrected chi connectivity index (χ0v) is 16.6. The molecule has 1 aromatic rings. The van der Waals surface area contributed by atoms with E-state index in [1.54, 1.807) is 18.0 Å². The number of carbonyl (C=O) groups is 3. The lowest BCUT2D eigenvalue weighted by Gasteiger charge is -2.25. The van der Waals surface area contributed by atoms with E-state index >= 15 is 0 Å². The average Bonchev–Trinajstić information content (AvgIpc) is 2.65. The number of nitrogens with one attached hydrogen (secondary N) is 1. The fraction of sp³-hybridized carbons (Fsp3) is 0.476. The molecule has 0 saturated heterocycles. The van der Waals surface area contributed by atoms with E-state index in [1.807, 2.05) is 0 Å². The maximum Gasteiger partial charge on any atom is 0.307 e. The van der Waals surface area contributed by atoms with E-state index in [2.05, 4.69) is 18.8 Å². The third-order valence-electron chi connectivity index (χ3n) is 4.51. The van der Waals surface area contributed by atoms with E-state index in [0.717, 1.165) is 25.3 Å². The number of hydrogen-bond acceptors (Lipinski definition) is 4. The molecule has 0 aliphatic heterocycles. The van der Waals surface area contributed by atoms with Crippen molar-refractivity contribution in [3.8, 4) is 0 Å². The molecule has 2 amide bonds. The molecular weight excluding hydrogens is 360 g/mol. The molecule has 0 aromatic heterocycles. The van der Waals surface area contributed by atoms with Gasteiger partial charge in [0, 0.05) is 31.5 Å². The first-order chi connectivity index (χ1) is 13.3. The van der Waals surface area contributed by atoms with Gasteiger partial charge in [0.05, 0.1) is 6.42 Å². The Morgan fingerprint density at radius 2 is 2.00 bits per heavy atom. The monoisotopic (exact) mass is 390 g/mol. The number of aliphatic hydroxyl groups is 1. The molecule has 0 spiro atoms. The second-order valence-electron chi connectivity index (χ2n) is 6.84. The first-order valence-corrected chi connectivity index (χ1v) is 9.46. The number of nitrogens with zero attached hydrogens (tertiary/aromatic N) is 1. The number of carboxylic acid groups (broad SMARTS) is 1. The number of rotatable bonds is 12. The highest BCUT2D eigenvalue weighted by atomic mass is 16.4. The van der Waals surface area contributed by atoms with Gasteiger partial charge in [-0.3, -0.25) is 14.4 Å². The number of amides is 2. The van der Waals surface area contributed by atoms with Gasteiger partial charge in [0.25, 0.3) is 5.91 Å². The van der Waals surface area contributed by atoms with Gasteiger partial charge in [-0.25, -0.2) is 0 Å². The smallest absolute Gasteiger partial charge is 0.307 e. The van der Waals surface area contributed by atoms with Crippen molar-refractivity contribution in [3.63, 3.8) is 0 Å². The van der Waals surface area contributed by atoms with Crippen LogP contribution in [-0.4, -0.2) is 53.1 Å². The van der Waals surface area contributed by atoms with Crippen molar-refractivity contribution in [1.82, 2.24) is 4.90 Å². The second kappa shape index (κ2) is 11.9. The minimum absolute atomic E-state index is 0.0678. The van der Waals surface area contributed by atoms with Crippen LogP contribution in [0.4, 0.5) is 5.69 Å². The van der Waals surface area contributed by atoms with Crippen LogP contribution in [0.1, 0.15) is 48.5 Å². The summed E-state index contributed by atoms with van der Waals surface area (Å²) in [5.41, 5.74) is 1.03. The number of unbranched alkanes of at least 4 members (excludes halogenated alkanes) is 1. The summed E-state index contributed by atoms with van der Waals surface area (Å²) >= 11 is 0. The third-order valence-corrected chi connectivity index (χ3v) is 4.51. The number of hydrogen-bond donors (Lipinski definition) is 3. The Balaban J connectivity index is 3.03. The summed E-state index contributed by atoms with van der Waals surface area (Å²) in [6.45, 7) is 6.02. The van der Waals surface area contributed by atoms with Crippen LogP contribution in [0.15, 0.2) is 30.9 Å². The van der Waals surface area contributed by atoms with E-state index in [0.29, 0.717) is 29.8 Å². The average molecular weight is 390 g/mol. The molecule has 0 radical (unpaired) electrons. The van der Waals surface area contributed by atoms with Crippen LogP contribution in [0, 0.1) is 5.92 Å². The highest BCUT2D eigenvalue weighted by Crippen LogP contribution is 2.20. The van der Waals surface area contributed by atoms with Gasteiger partial charge in [-0.2, -0.15) is 0 Å². The van der Waals surface area contributed by atoms with Gasteiger partial charge in [0.2, 0.25) is 5.91 Å². The third kappa shape index (κ3) is 7.52. The minimum atomic E-state index is -1.06. The number of aliphatic carboxylic acids is 1. The molecule has 0 heterocycles. The summed E-state index contributed by atoms with van der Waals surface area (Å²) in [6, 6.07) is 4.60.